The number of rotatable bonds is 7. The Morgan fingerprint density at radius 1 is 1.23 bits per heavy atom. The first-order chi connectivity index (χ1) is 14.8. The monoisotopic (exact) mass is 444 g/mol. The van der Waals surface area contributed by atoms with Crippen LogP contribution in [0.4, 0.5) is 4.39 Å². The Hall–Kier alpha value is -3.64. The Morgan fingerprint density at radius 3 is 2.81 bits per heavy atom. The Balaban J connectivity index is 1.57. The number of ether oxygens (including phenoxy) is 1. The zero-order valence-corrected chi connectivity index (χ0v) is 17.1. The third-order valence-corrected chi connectivity index (χ3v) is 5.06. The average molecular weight is 444 g/mol. The molecule has 0 atom stereocenters. The summed E-state index contributed by atoms with van der Waals surface area (Å²) in [6, 6.07) is 9.37. The molecule has 0 radical (unpaired) electrons. The lowest BCUT2D eigenvalue weighted by Gasteiger charge is -2.06. The SMILES string of the molecule is Cn1ncc(-c2nc(-c3cccc(CS(N)(=O)=O)c3)no2)c1COc1ccc(F)cn1. The fourth-order valence-electron chi connectivity index (χ4n) is 2.89. The van der Waals surface area contributed by atoms with Gasteiger partial charge in [-0.3, -0.25) is 4.68 Å². The topological polar surface area (TPSA) is 139 Å². The van der Waals surface area contributed by atoms with Crippen LogP contribution in [0.3, 0.4) is 0 Å². The molecule has 31 heavy (non-hydrogen) atoms. The maximum Gasteiger partial charge on any atom is 0.261 e. The summed E-state index contributed by atoms with van der Waals surface area (Å²) in [7, 11) is -1.93. The van der Waals surface area contributed by atoms with E-state index in [1.165, 1.54) is 12.1 Å². The van der Waals surface area contributed by atoms with E-state index in [0.717, 1.165) is 6.20 Å². The van der Waals surface area contributed by atoms with Crippen LogP contribution in [-0.2, 0) is 29.4 Å². The highest BCUT2D eigenvalue weighted by Gasteiger charge is 2.19. The molecule has 3 aromatic heterocycles. The van der Waals surface area contributed by atoms with Crippen molar-refractivity contribution < 1.29 is 22.1 Å². The van der Waals surface area contributed by atoms with Crippen LogP contribution in [0, 0.1) is 5.82 Å². The molecule has 0 bridgehead atoms. The van der Waals surface area contributed by atoms with Gasteiger partial charge in [-0.2, -0.15) is 10.1 Å². The minimum atomic E-state index is -3.66. The van der Waals surface area contributed by atoms with Crippen molar-refractivity contribution in [3.8, 4) is 28.7 Å². The highest BCUT2D eigenvalue weighted by molar-refractivity contribution is 7.88. The van der Waals surface area contributed by atoms with Crippen LogP contribution in [0.15, 0.2) is 53.3 Å². The zero-order chi connectivity index (χ0) is 22.0. The van der Waals surface area contributed by atoms with Gasteiger partial charge in [-0.1, -0.05) is 23.4 Å². The number of sulfonamides is 1. The van der Waals surface area contributed by atoms with Crippen LogP contribution in [0.5, 0.6) is 5.88 Å². The van der Waals surface area contributed by atoms with Crippen LogP contribution < -0.4 is 9.88 Å². The molecule has 0 spiro atoms. The van der Waals surface area contributed by atoms with Crippen LogP contribution >= 0.6 is 0 Å². The minimum absolute atomic E-state index is 0.0893. The van der Waals surface area contributed by atoms with E-state index in [4.69, 9.17) is 14.4 Å². The number of benzene rings is 1. The second kappa shape index (κ2) is 8.24. The van der Waals surface area contributed by atoms with E-state index in [0.29, 0.717) is 22.4 Å². The molecule has 0 aliphatic heterocycles. The summed E-state index contributed by atoms with van der Waals surface area (Å²) in [5.41, 5.74) is 2.29. The fraction of sp³-hybridized carbons (Fsp3) is 0.158. The van der Waals surface area contributed by atoms with Crippen molar-refractivity contribution >= 4 is 10.0 Å². The highest BCUT2D eigenvalue weighted by atomic mass is 32.2. The number of primary sulfonamides is 1. The van der Waals surface area contributed by atoms with Gasteiger partial charge >= 0.3 is 0 Å². The molecule has 0 saturated heterocycles. The summed E-state index contributed by atoms with van der Waals surface area (Å²) in [5.74, 6) is -0.00749. The number of halogens is 1. The van der Waals surface area contributed by atoms with Crippen molar-refractivity contribution in [1.29, 1.82) is 0 Å². The third kappa shape index (κ3) is 4.92. The van der Waals surface area contributed by atoms with Crippen molar-refractivity contribution in [1.82, 2.24) is 24.9 Å². The molecule has 3 heterocycles. The Kier molecular flexibility index (Phi) is 5.48. The summed E-state index contributed by atoms with van der Waals surface area (Å²) in [5, 5.41) is 13.3. The molecule has 0 saturated carbocycles. The van der Waals surface area contributed by atoms with Gasteiger partial charge in [-0.15, -0.1) is 0 Å². The molecular formula is C19H17FN6O4S. The van der Waals surface area contributed by atoms with Crippen molar-refractivity contribution in [2.75, 3.05) is 0 Å². The highest BCUT2D eigenvalue weighted by Crippen LogP contribution is 2.26. The van der Waals surface area contributed by atoms with Crippen LogP contribution in [0.1, 0.15) is 11.3 Å². The minimum Gasteiger partial charge on any atom is -0.471 e. The first kappa shape index (κ1) is 20.6. The van der Waals surface area contributed by atoms with Crippen LogP contribution in [0.2, 0.25) is 0 Å². The number of nitrogens with two attached hydrogens (primary N) is 1. The van der Waals surface area contributed by atoms with Crippen molar-refractivity contribution in [2.45, 2.75) is 12.4 Å². The first-order valence-electron chi connectivity index (χ1n) is 8.97. The standard InChI is InChI=1S/C19H17FN6O4S/c1-26-16(10-29-17-6-5-14(20)8-22-17)15(9-23-26)19-24-18(25-30-19)13-4-2-3-12(7-13)11-31(21,27)28/h2-9H,10-11H2,1H3,(H2,21,27,28). The lowest BCUT2D eigenvalue weighted by atomic mass is 10.1. The van der Waals surface area contributed by atoms with Gasteiger partial charge in [0.2, 0.25) is 21.7 Å². The van der Waals surface area contributed by atoms with Gasteiger partial charge in [0.05, 0.1) is 29.4 Å². The summed E-state index contributed by atoms with van der Waals surface area (Å²) in [4.78, 5) is 8.25. The average Bonchev–Trinajstić information content (AvgIpc) is 3.33. The smallest absolute Gasteiger partial charge is 0.261 e. The van der Waals surface area contributed by atoms with Crippen molar-refractivity contribution in [2.24, 2.45) is 12.2 Å². The predicted molar refractivity (Wildman–Crippen MR) is 107 cm³/mol. The molecule has 2 N–H and O–H groups in total. The summed E-state index contributed by atoms with van der Waals surface area (Å²) in [6.07, 6.45) is 2.62. The normalized spacial score (nSPS) is 11.6. The zero-order valence-electron chi connectivity index (χ0n) is 16.3. The van der Waals surface area contributed by atoms with Gasteiger partial charge in [0.25, 0.3) is 5.89 Å². The van der Waals surface area contributed by atoms with Gasteiger partial charge in [0.15, 0.2) is 0 Å². The molecule has 10 nitrogen and oxygen atoms in total. The van der Waals surface area contributed by atoms with E-state index in [9.17, 15) is 12.8 Å². The van der Waals surface area contributed by atoms with Crippen molar-refractivity contribution in [3.63, 3.8) is 0 Å². The van der Waals surface area contributed by atoms with Gasteiger partial charge in [0, 0.05) is 18.7 Å². The second-order valence-corrected chi connectivity index (χ2v) is 8.28. The fourth-order valence-corrected chi connectivity index (χ4v) is 3.53. The van der Waals surface area contributed by atoms with E-state index in [1.807, 2.05) is 0 Å². The number of aryl methyl sites for hydroxylation is 1. The van der Waals surface area contributed by atoms with Crippen LogP contribution in [0.25, 0.3) is 22.8 Å². The Labute approximate surface area is 176 Å². The molecule has 160 valence electrons. The Morgan fingerprint density at radius 2 is 2.06 bits per heavy atom. The molecule has 1 aromatic carbocycles. The molecule has 0 aliphatic carbocycles. The lowest BCUT2D eigenvalue weighted by Crippen LogP contribution is -2.14. The van der Waals surface area contributed by atoms with E-state index in [1.54, 1.807) is 42.2 Å². The maximum atomic E-state index is 13.0. The molecule has 0 amide bonds. The number of aromatic nitrogens is 5. The summed E-state index contributed by atoms with van der Waals surface area (Å²) >= 11 is 0. The van der Waals surface area contributed by atoms with E-state index >= 15 is 0 Å². The maximum absolute atomic E-state index is 13.0. The Bertz CT molecular complexity index is 1320. The van der Waals surface area contributed by atoms with Gasteiger partial charge in [-0.25, -0.2) is 22.9 Å². The van der Waals surface area contributed by atoms with E-state index in [2.05, 4.69) is 20.2 Å². The molecule has 0 fully saturated rings. The lowest BCUT2D eigenvalue weighted by molar-refractivity contribution is 0.282. The second-order valence-electron chi connectivity index (χ2n) is 6.66. The molecule has 0 aliphatic rings. The quantitative estimate of drug-likeness (QED) is 0.457. The van der Waals surface area contributed by atoms with E-state index in [-0.39, 0.29) is 30.0 Å². The molecule has 4 rings (SSSR count). The third-order valence-electron chi connectivity index (χ3n) is 4.33. The van der Waals surface area contributed by atoms with Gasteiger partial charge in [-0.05, 0) is 17.7 Å². The first-order valence-corrected chi connectivity index (χ1v) is 10.7. The van der Waals surface area contributed by atoms with Crippen molar-refractivity contribution in [3.05, 3.63) is 65.9 Å². The largest absolute Gasteiger partial charge is 0.471 e. The number of pyridine rings is 1. The molecule has 0 unspecified atom stereocenters. The molecule has 12 heteroatoms. The van der Waals surface area contributed by atoms with Gasteiger partial charge < -0.3 is 9.26 Å². The van der Waals surface area contributed by atoms with Gasteiger partial charge in [0.1, 0.15) is 12.4 Å². The van der Waals surface area contributed by atoms with Crippen LogP contribution in [-0.4, -0.2) is 33.3 Å². The molecular weight excluding hydrogens is 427 g/mol. The predicted octanol–water partition coefficient (Wildman–Crippen LogP) is 2.04. The summed E-state index contributed by atoms with van der Waals surface area (Å²) in [6.45, 7) is 0.0893. The number of nitrogens with zero attached hydrogens (tertiary/aromatic N) is 5. The molecule has 4 aromatic rings. The number of hydrogen-bond donors (Lipinski definition) is 1. The van der Waals surface area contributed by atoms with E-state index < -0.39 is 15.8 Å². The number of hydrogen-bond acceptors (Lipinski definition) is 8. The summed E-state index contributed by atoms with van der Waals surface area (Å²) < 4.78 is 48.3.